The van der Waals surface area contributed by atoms with Crippen LogP contribution in [0.25, 0.3) is 0 Å². The molecule has 1 aromatic carbocycles. The summed E-state index contributed by atoms with van der Waals surface area (Å²) in [7, 11) is 1.31. The fraction of sp³-hybridized carbons (Fsp3) is 0.273. The van der Waals surface area contributed by atoms with Gasteiger partial charge in [-0.1, -0.05) is 6.07 Å². The Balaban J connectivity index is 2.69. The lowest BCUT2D eigenvalue weighted by Crippen LogP contribution is -2.42. The molecule has 0 aromatic heterocycles. The lowest BCUT2D eigenvalue weighted by molar-refractivity contribution is -0.119. The van der Waals surface area contributed by atoms with E-state index in [0.717, 1.165) is 4.90 Å². The molecular weight excluding hydrogens is 224 g/mol. The van der Waals surface area contributed by atoms with E-state index in [1.54, 1.807) is 12.1 Å². The predicted molar refractivity (Wildman–Crippen MR) is 62.0 cm³/mol. The van der Waals surface area contributed by atoms with Crippen LogP contribution in [0.2, 0.25) is 0 Å². The van der Waals surface area contributed by atoms with Crippen LogP contribution in [0.15, 0.2) is 24.3 Å². The Hall–Kier alpha value is -2.24. The Morgan fingerprint density at radius 1 is 1.41 bits per heavy atom. The molecule has 6 heteroatoms. The summed E-state index contributed by atoms with van der Waals surface area (Å²) in [5, 5.41) is 20.4. The van der Waals surface area contributed by atoms with Crippen molar-refractivity contribution in [2.24, 2.45) is 0 Å². The van der Waals surface area contributed by atoms with Gasteiger partial charge in [-0.05, 0) is 19.1 Å². The molecule has 0 spiro atoms. The lowest BCUT2D eigenvalue weighted by atomic mass is 10.2. The summed E-state index contributed by atoms with van der Waals surface area (Å²) in [6.45, 7) is 1.48. The van der Waals surface area contributed by atoms with E-state index in [9.17, 15) is 14.7 Å². The number of carbonyl (C=O) groups excluding carboxylic acids is 1. The summed E-state index contributed by atoms with van der Waals surface area (Å²) >= 11 is 0. The van der Waals surface area contributed by atoms with Crippen molar-refractivity contribution >= 4 is 17.7 Å². The molecule has 1 unspecified atom stereocenters. The Morgan fingerprint density at radius 3 is 2.59 bits per heavy atom. The number of phenols is 1. The van der Waals surface area contributed by atoms with Crippen molar-refractivity contribution in [2.45, 2.75) is 13.0 Å². The molecule has 2 amide bonds. The number of hydrogen-bond donors (Lipinski definition) is 3. The first kappa shape index (κ1) is 12.8. The van der Waals surface area contributed by atoms with Gasteiger partial charge in [-0.2, -0.15) is 0 Å². The molecule has 0 saturated carbocycles. The summed E-state index contributed by atoms with van der Waals surface area (Å²) in [5.74, 6) is -0.428. The first-order chi connectivity index (χ1) is 7.91. The van der Waals surface area contributed by atoms with Crippen molar-refractivity contribution in [1.29, 1.82) is 0 Å². The Morgan fingerprint density at radius 2 is 2.06 bits per heavy atom. The second kappa shape index (κ2) is 5.20. The summed E-state index contributed by atoms with van der Waals surface area (Å²) < 4.78 is 0. The van der Waals surface area contributed by atoms with Crippen LogP contribution in [-0.4, -0.2) is 40.2 Å². The molecule has 0 bridgehead atoms. The molecule has 1 aromatic rings. The van der Waals surface area contributed by atoms with Crippen LogP contribution in [0, 0.1) is 0 Å². The topological polar surface area (TPSA) is 89.9 Å². The van der Waals surface area contributed by atoms with Gasteiger partial charge in [-0.15, -0.1) is 0 Å². The van der Waals surface area contributed by atoms with Gasteiger partial charge < -0.3 is 15.5 Å². The first-order valence-corrected chi connectivity index (χ1v) is 4.97. The Bertz CT molecular complexity index is 433. The van der Waals surface area contributed by atoms with Crippen LogP contribution in [0.3, 0.4) is 0 Å². The van der Waals surface area contributed by atoms with E-state index in [1.165, 1.54) is 26.1 Å². The fourth-order valence-corrected chi connectivity index (χ4v) is 1.17. The third kappa shape index (κ3) is 3.37. The number of anilines is 1. The molecule has 0 aliphatic heterocycles. The smallest absolute Gasteiger partial charge is 0.407 e. The van der Waals surface area contributed by atoms with Crippen LogP contribution in [0.1, 0.15) is 6.92 Å². The van der Waals surface area contributed by atoms with Crippen molar-refractivity contribution in [1.82, 2.24) is 4.90 Å². The number of nitrogens with one attached hydrogen (secondary N) is 1. The van der Waals surface area contributed by atoms with E-state index in [-0.39, 0.29) is 5.75 Å². The Labute approximate surface area is 98.5 Å². The normalized spacial score (nSPS) is 11.6. The fourth-order valence-electron chi connectivity index (χ4n) is 1.17. The molecule has 92 valence electrons. The maximum Gasteiger partial charge on any atom is 0.407 e. The molecule has 3 N–H and O–H groups in total. The van der Waals surface area contributed by atoms with Gasteiger partial charge in [0, 0.05) is 18.8 Å². The van der Waals surface area contributed by atoms with E-state index in [1.807, 2.05) is 0 Å². The average molecular weight is 238 g/mol. The summed E-state index contributed by atoms with van der Waals surface area (Å²) in [6.07, 6.45) is -1.18. The molecule has 17 heavy (non-hydrogen) atoms. The van der Waals surface area contributed by atoms with Crippen LogP contribution >= 0.6 is 0 Å². The van der Waals surface area contributed by atoms with Crippen LogP contribution in [0.4, 0.5) is 10.5 Å². The zero-order chi connectivity index (χ0) is 13.0. The molecule has 0 saturated heterocycles. The highest BCUT2D eigenvalue weighted by molar-refractivity contribution is 5.96. The monoisotopic (exact) mass is 238 g/mol. The van der Waals surface area contributed by atoms with Crippen molar-refractivity contribution < 1.29 is 19.8 Å². The zero-order valence-electron chi connectivity index (χ0n) is 9.54. The molecule has 6 nitrogen and oxygen atoms in total. The van der Waals surface area contributed by atoms with Gasteiger partial charge in [0.05, 0.1) is 0 Å². The number of nitrogens with zero attached hydrogens (tertiary/aromatic N) is 1. The van der Waals surface area contributed by atoms with E-state index in [4.69, 9.17) is 5.11 Å². The van der Waals surface area contributed by atoms with Gasteiger partial charge >= 0.3 is 6.09 Å². The van der Waals surface area contributed by atoms with Crippen LogP contribution in [0.5, 0.6) is 5.75 Å². The number of carboxylic acid groups (broad SMARTS) is 1. The van der Waals surface area contributed by atoms with Crippen molar-refractivity contribution in [3.8, 4) is 5.75 Å². The molecule has 1 rings (SSSR count). The third-order valence-electron chi connectivity index (χ3n) is 2.38. The van der Waals surface area contributed by atoms with Crippen LogP contribution in [-0.2, 0) is 4.79 Å². The number of carbonyl (C=O) groups is 2. The molecule has 0 aliphatic rings. The van der Waals surface area contributed by atoms with E-state index < -0.39 is 18.0 Å². The maximum atomic E-state index is 11.7. The predicted octanol–water partition coefficient (Wildman–Crippen LogP) is 1.33. The first-order valence-electron chi connectivity index (χ1n) is 4.97. The van der Waals surface area contributed by atoms with Crippen molar-refractivity contribution in [2.75, 3.05) is 12.4 Å². The number of phenolic OH excluding ortho intramolecular Hbond substituents is 1. The van der Waals surface area contributed by atoms with E-state index >= 15 is 0 Å². The molecule has 0 radical (unpaired) electrons. The number of amides is 2. The lowest BCUT2D eigenvalue weighted by Gasteiger charge is -2.20. The number of hydrogen-bond acceptors (Lipinski definition) is 3. The van der Waals surface area contributed by atoms with E-state index in [2.05, 4.69) is 5.32 Å². The molecule has 1 atom stereocenters. The van der Waals surface area contributed by atoms with Gasteiger partial charge in [0.25, 0.3) is 0 Å². The van der Waals surface area contributed by atoms with Gasteiger partial charge in [0.2, 0.25) is 5.91 Å². The molecule has 0 fully saturated rings. The Kier molecular flexibility index (Phi) is 3.92. The second-order valence-corrected chi connectivity index (χ2v) is 3.61. The highest BCUT2D eigenvalue weighted by atomic mass is 16.4. The summed E-state index contributed by atoms with van der Waals surface area (Å²) in [6, 6.07) is 5.23. The number of aromatic hydroxyl groups is 1. The minimum absolute atomic E-state index is 0.0297. The quantitative estimate of drug-likeness (QED) is 0.741. The largest absolute Gasteiger partial charge is 0.508 e. The summed E-state index contributed by atoms with van der Waals surface area (Å²) in [5.41, 5.74) is 0.417. The number of likely N-dealkylation sites (N-methyl/N-ethyl adjacent to an activating group) is 1. The minimum atomic E-state index is -1.18. The third-order valence-corrected chi connectivity index (χ3v) is 2.38. The van der Waals surface area contributed by atoms with Crippen molar-refractivity contribution in [3.63, 3.8) is 0 Å². The minimum Gasteiger partial charge on any atom is -0.508 e. The second-order valence-electron chi connectivity index (χ2n) is 3.61. The molecular formula is C11H14N2O4. The number of rotatable bonds is 3. The summed E-state index contributed by atoms with van der Waals surface area (Å²) in [4.78, 5) is 23.2. The van der Waals surface area contributed by atoms with Gasteiger partial charge in [-0.3, -0.25) is 9.69 Å². The SMILES string of the molecule is CC(C(=O)Nc1cccc(O)c1)N(C)C(=O)O. The highest BCUT2D eigenvalue weighted by Gasteiger charge is 2.21. The standard InChI is InChI=1S/C11H14N2O4/c1-7(13(2)11(16)17)10(15)12-8-4-3-5-9(14)6-8/h3-7,14H,1-2H3,(H,12,15)(H,16,17). The van der Waals surface area contributed by atoms with Gasteiger partial charge in [0.15, 0.2) is 0 Å². The highest BCUT2D eigenvalue weighted by Crippen LogP contribution is 2.15. The average Bonchev–Trinajstić information content (AvgIpc) is 2.26. The number of benzene rings is 1. The molecule has 0 aliphatic carbocycles. The van der Waals surface area contributed by atoms with Gasteiger partial charge in [0.1, 0.15) is 11.8 Å². The van der Waals surface area contributed by atoms with Gasteiger partial charge in [-0.25, -0.2) is 4.79 Å². The van der Waals surface area contributed by atoms with Crippen molar-refractivity contribution in [3.05, 3.63) is 24.3 Å². The van der Waals surface area contributed by atoms with Crippen LogP contribution < -0.4 is 5.32 Å². The zero-order valence-corrected chi connectivity index (χ0v) is 9.54. The molecule has 0 heterocycles. The maximum absolute atomic E-state index is 11.7. The van der Waals surface area contributed by atoms with E-state index in [0.29, 0.717) is 5.69 Å².